The van der Waals surface area contributed by atoms with E-state index in [9.17, 15) is 24.8 Å². The van der Waals surface area contributed by atoms with Gasteiger partial charge in [0, 0.05) is 19.5 Å². The van der Waals surface area contributed by atoms with Gasteiger partial charge in [-0.1, -0.05) is 60.4 Å². The Morgan fingerprint density at radius 1 is 1.10 bits per heavy atom. The summed E-state index contributed by atoms with van der Waals surface area (Å²) in [6.45, 7) is 1.72. The van der Waals surface area contributed by atoms with Gasteiger partial charge in [0.05, 0.1) is 24.7 Å². The normalized spacial score (nSPS) is 13.9. The van der Waals surface area contributed by atoms with Crippen LogP contribution < -0.4 is 15.0 Å². The second kappa shape index (κ2) is 13.5. The molecule has 0 unspecified atom stereocenters. The number of Topliss-reactive ketones (excluding diaryl/α,β-unsaturated/α-hetero) is 1. The Bertz CT molecular complexity index is 1670. The Kier molecular flexibility index (Phi) is 9.83. The van der Waals surface area contributed by atoms with Crippen molar-refractivity contribution < 1.29 is 24.2 Å². The van der Waals surface area contributed by atoms with E-state index < -0.39 is 17.2 Å². The highest BCUT2D eigenvalue weighted by Gasteiger charge is 2.32. The van der Waals surface area contributed by atoms with Gasteiger partial charge >= 0.3 is 0 Å². The van der Waals surface area contributed by atoms with Crippen molar-refractivity contribution in [2.45, 2.75) is 32.7 Å². The Balaban J connectivity index is 1.49. The number of amides is 1. The van der Waals surface area contributed by atoms with Gasteiger partial charge in [-0.05, 0) is 54.7 Å². The predicted molar refractivity (Wildman–Crippen MR) is 165 cm³/mol. The first-order valence-corrected chi connectivity index (χ1v) is 14.3. The van der Waals surface area contributed by atoms with Crippen LogP contribution in [0.25, 0.3) is 6.08 Å². The van der Waals surface area contributed by atoms with Gasteiger partial charge < -0.3 is 14.6 Å². The van der Waals surface area contributed by atoms with E-state index >= 15 is 0 Å². The summed E-state index contributed by atoms with van der Waals surface area (Å²) < 4.78 is 12.0. The van der Waals surface area contributed by atoms with Gasteiger partial charge in [-0.2, -0.15) is 5.26 Å². The Hall–Kier alpha value is -4.40. The Labute approximate surface area is 253 Å². The highest BCUT2D eigenvalue weighted by Crippen LogP contribution is 2.33. The van der Waals surface area contributed by atoms with Crippen molar-refractivity contribution in [2.24, 2.45) is 0 Å². The third-order valence-corrected chi connectivity index (χ3v) is 8.29. The lowest BCUT2D eigenvalue weighted by Gasteiger charge is -2.17. The summed E-state index contributed by atoms with van der Waals surface area (Å²) in [6, 6.07) is 16.6. The van der Waals surface area contributed by atoms with Gasteiger partial charge in [-0.3, -0.25) is 23.9 Å². The fraction of sp³-hybridized carbons (Fsp3) is 0.258. The zero-order valence-electron chi connectivity index (χ0n) is 23.4. The standard InChI is InChI=1S/C31H29N3O6S2/c1-19-22(18-32)28(36)33(15-13-21-11-12-24(39-2)25(16-21)40-3)30(38)27(19)23(35)10-7-14-34-29(37)26(42-31(34)41)17-20-8-5-4-6-9-20/h4-6,8-9,11-12,16-17,38H,7,10,13-15H2,1-3H3/b26-17-. The molecule has 1 saturated heterocycles. The quantitative estimate of drug-likeness (QED) is 0.186. The van der Waals surface area contributed by atoms with Crippen molar-refractivity contribution in [3.63, 3.8) is 0 Å². The molecule has 1 aliphatic heterocycles. The van der Waals surface area contributed by atoms with E-state index in [1.165, 1.54) is 37.8 Å². The molecule has 1 N–H and O–H groups in total. The molecule has 2 aromatic carbocycles. The fourth-order valence-electron chi connectivity index (χ4n) is 4.69. The number of carbonyl (C=O) groups excluding carboxylic acids is 2. The monoisotopic (exact) mass is 603 g/mol. The van der Waals surface area contributed by atoms with Gasteiger partial charge in [0.25, 0.3) is 11.5 Å². The van der Waals surface area contributed by atoms with Gasteiger partial charge in [-0.25, -0.2) is 0 Å². The van der Waals surface area contributed by atoms with E-state index in [4.69, 9.17) is 21.7 Å². The Morgan fingerprint density at radius 3 is 2.48 bits per heavy atom. The number of aryl methyl sites for hydroxylation is 1. The van der Waals surface area contributed by atoms with E-state index in [-0.39, 0.29) is 48.5 Å². The van der Waals surface area contributed by atoms with Crippen molar-refractivity contribution >= 4 is 46.1 Å². The molecule has 1 aliphatic rings. The molecule has 1 amide bonds. The van der Waals surface area contributed by atoms with Gasteiger partial charge in [0.2, 0.25) is 5.88 Å². The predicted octanol–water partition coefficient (Wildman–Crippen LogP) is 4.86. The van der Waals surface area contributed by atoms with E-state index in [0.717, 1.165) is 15.7 Å². The molecule has 11 heteroatoms. The van der Waals surface area contributed by atoms with Crippen LogP contribution in [0.15, 0.2) is 58.2 Å². The number of nitrogens with zero attached hydrogens (tertiary/aromatic N) is 3. The number of benzene rings is 2. The molecule has 0 radical (unpaired) electrons. The summed E-state index contributed by atoms with van der Waals surface area (Å²) in [5, 5.41) is 20.8. The molecule has 0 aliphatic carbocycles. The number of ketones is 1. The lowest BCUT2D eigenvalue weighted by atomic mass is 9.99. The van der Waals surface area contributed by atoms with Crippen LogP contribution in [0.2, 0.25) is 0 Å². The first kappa shape index (κ1) is 30.6. The second-order valence-corrected chi connectivity index (χ2v) is 11.2. The average molecular weight is 604 g/mol. The summed E-state index contributed by atoms with van der Waals surface area (Å²) in [5.74, 6) is -0.0865. The number of ether oxygens (including phenoxy) is 2. The lowest BCUT2D eigenvalue weighted by molar-refractivity contribution is -0.122. The molecule has 3 aromatic rings. The summed E-state index contributed by atoms with van der Waals surface area (Å²) in [6.07, 6.45) is 2.35. The molecule has 1 fully saturated rings. The van der Waals surface area contributed by atoms with E-state index in [0.29, 0.717) is 27.1 Å². The molecular formula is C31H29N3O6S2. The van der Waals surface area contributed by atoms with Crippen LogP contribution in [0.3, 0.4) is 0 Å². The molecule has 0 bridgehead atoms. The van der Waals surface area contributed by atoms with Gasteiger partial charge in [-0.15, -0.1) is 0 Å². The molecule has 4 rings (SSSR count). The topological polar surface area (TPSA) is 122 Å². The van der Waals surface area contributed by atoms with Crippen molar-refractivity contribution in [1.29, 1.82) is 5.26 Å². The molecular weight excluding hydrogens is 574 g/mol. The van der Waals surface area contributed by atoms with Crippen LogP contribution in [0.1, 0.15) is 45.5 Å². The van der Waals surface area contributed by atoms with Crippen LogP contribution in [0, 0.1) is 18.3 Å². The fourth-order valence-corrected chi connectivity index (χ4v) is 5.99. The third-order valence-electron chi connectivity index (χ3n) is 6.91. The number of methoxy groups -OCH3 is 2. The van der Waals surface area contributed by atoms with Crippen molar-refractivity contribution in [1.82, 2.24) is 9.47 Å². The van der Waals surface area contributed by atoms with Gasteiger partial charge in [0.1, 0.15) is 16.0 Å². The molecule has 216 valence electrons. The zero-order chi connectivity index (χ0) is 30.4. The summed E-state index contributed by atoms with van der Waals surface area (Å²) in [5.41, 5.74) is 0.861. The summed E-state index contributed by atoms with van der Waals surface area (Å²) in [4.78, 5) is 41.3. The van der Waals surface area contributed by atoms with Crippen LogP contribution in [-0.2, 0) is 17.8 Å². The number of carbonyl (C=O) groups is 2. The van der Waals surface area contributed by atoms with Crippen LogP contribution in [-0.4, -0.2) is 51.3 Å². The van der Waals surface area contributed by atoms with Crippen LogP contribution >= 0.6 is 24.0 Å². The minimum Gasteiger partial charge on any atom is -0.494 e. The second-order valence-electron chi connectivity index (χ2n) is 9.48. The first-order valence-electron chi connectivity index (χ1n) is 13.1. The van der Waals surface area contributed by atoms with Crippen molar-refractivity contribution in [3.8, 4) is 23.4 Å². The smallest absolute Gasteiger partial charge is 0.271 e. The number of pyridine rings is 1. The average Bonchev–Trinajstić information content (AvgIpc) is 3.24. The summed E-state index contributed by atoms with van der Waals surface area (Å²) in [7, 11) is 3.04. The molecule has 0 spiro atoms. The number of hydrogen-bond donors (Lipinski definition) is 1. The van der Waals surface area contributed by atoms with E-state index in [1.54, 1.807) is 24.3 Å². The molecule has 1 aromatic heterocycles. The number of hydrogen-bond acceptors (Lipinski definition) is 9. The Morgan fingerprint density at radius 2 is 1.81 bits per heavy atom. The molecule has 2 heterocycles. The number of aromatic nitrogens is 1. The maximum absolute atomic E-state index is 13.3. The van der Waals surface area contributed by atoms with E-state index in [2.05, 4.69) is 0 Å². The number of aromatic hydroxyl groups is 1. The summed E-state index contributed by atoms with van der Waals surface area (Å²) >= 11 is 6.61. The molecule has 9 nitrogen and oxygen atoms in total. The van der Waals surface area contributed by atoms with Crippen molar-refractivity contribution in [2.75, 3.05) is 20.8 Å². The SMILES string of the molecule is COc1ccc(CCn2c(O)c(C(=O)CCCN3C(=O)/C(=C/c4ccccc4)SC3=S)c(C)c(C#N)c2=O)cc1OC. The highest BCUT2D eigenvalue weighted by atomic mass is 32.2. The van der Waals surface area contributed by atoms with Gasteiger partial charge in [0.15, 0.2) is 17.3 Å². The lowest BCUT2D eigenvalue weighted by Crippen LogP contribution is -2.30. The number of rotatable bonds is 11. The molecule has 42 heavy (non-hydrogen) atoms. The zero-order valence-corrected chi connectivity index (χ0v) is 25.0. The third kappa shape index (κ3) is 6.40. The van der Waals surface area contributed by atoms with Crippen molar-refractivity contribution in [3.05, 3.63) is 91.6 Å². The number of nitriles is 1. The largest absolute Gasteiger partial charge is 0.494 e. The van der Waals surface area contributed by atoms with Crippen LogP contribution in [0.5, 0.6) is 17.4 Å². The first-order chi connectivity index (χ1) is 20.2. The minimum absolute atomic E-state index is 0.0258. The highest BCUT2D eigenvalue weighted by molar-refractivity contribution is 8.26. The van der Waals surface area contributed by atoms with Crippen LogP contribution in [0.4, 0.5) is 0 Å². The number of thiocarbonyl (C=S) groups is 1. The number of thioether (sulfide) groups is 1. The van der Waals surface area contributed by atoms with E-state index in [1.807, 2.05) is 36.4 Å². The minimum atomic E-state index is -0.674. The molecule has 0 atom stereocenters. The molecule has 0 saturated carbocycles. The maximum atomic E-state index is 13.3. The maximum Gasteiger partial charge on any atom is 0.271 e.